The van der Waals surface area contributed by atoms with Gasteiger partial charge in [0.05, 0.1) is 0 Å². The minimum absolute atomic E-state index is 0.0260. The Labute approximate surface area is 126 Å². The third-order valence-corrected chi connectivity index (χ3v) is 3.46. The van der Waals surface area contributed by atoms with Crippen LogP contribution in [-0.2, 0) is 0 Å². The molecule has 0 bridgehead atoms. The van der Waals surface area contributed by atoms with Crippen molar-refractivity contribution in [1.82, 2.24) is 0 Å². The third kappa shape index (κ3) is 3.30. The van der Waals surface area contributed by atoms with Gasteiger partial charge in [-0.15, -0.1) is 0 Å². The Kier molecular flexibility index (Phi) is 4.29. The lowest BCUT2D eigenvalue weighted by Crippen LogP contribution is -2.11. The van der Waals surface area contributed by atoms with Crippen LogP contribution in [0.4, 0.5) is 5.69 Å². The average molecular weight is 334 g/mol. The zero-order valence-electron chi connectivity index (χ0n) is 11.4. The van der Waals surface area contributed by atoms with Crippen molar-refractivity contribution in [2.45, 2.75) is 0 Å². The maximum atomic E-state index is 7.44. The summed E-state index contributed by atoms with van der Waals surface area (Å²) in [7, 11) is 3.97. The predicted octanol–water partition coefficient (Wildman–Crippen LogP) is 3.59. The molecule has 4 nitrogen and oxygen atoms in total. The summed E-state index contributed by atoms with van der Waals surface area (Å²) in [5.74, 6) is 1.48. The Morgan fingerprint density at radius 3 is 2.45 bits per heavy atom. The first-order valence-electron chi connectivity index (χ1n) is 6.06. The third-order valence-electron chi connectivity index (χ3n) is 2.80. The maximum Gasteiger partial charge on any atom is 0.129 e. The van der Waals surface area contributed by atoms with E-state index in [0.717, 1.165) is 15.9 Å². The molecule has 0 aliphatic heterocycles. The van der Waals surface area contributed by atoms with E-state index in [1.165, 1.54) is 0 Å². The van der Waals surface area contributed by atoms with E-state index in [1.54, 1.807) is 18.2 Å². The van der Waals surface area contributed by atoms with Crippen molar-refractivity contribution in [2.24, 2.45) is 5.73 Å². The monoisotopic (exact) mass is 333 g/mol. The van der Waals surface area contributed by atoms with E-state index in [1.807, 2.05) is 43.3 Å². The highest BCUT2D eigenvalue weighted by Gasteiger charge is 2.06. The van der Waals surface area contributed by atoms with Crippen LogP contribution in [0.25, 0.3) is 0 Å². The number of nitrogens with zero attached hydrogens (tertiary/aromatic N) is 1. The van der Waals surface area contributed by atoms with Gasteiger partial charge in [0, 0.05) is 35.9 Å². The summed E-state index contributed by atoms with van der Waals surface area (Å²) < 4.78 is 6.56. The molecule has 20 heavy (non-hydrogen) atoms. The summed E-state index contributed by atoms with van der Waals surface area (Å²) in [6, 6.07) is 13.2. The highest BCUT2D eigenvalue weighted by molar-refractivity contribution is 9.10. The van der Waals surface area contributed by atoms with Crippen LogP contribution >= 0.6 is 15.9 Å². The Morgan fingerprint density at radius 2 is 1.85 bits per heavy atom. The molecule has 0 aliphatic rings. The van der Waals surface area contributed by atoms with Crippen molar-refractivity contribution >= 4 is 27.5 Å². The second-order valence-corrected chi connectivity index (χ2v) is 5.40. The molecule has 0 saturated heterocycles. The van der Waals surface area contributed by atoms with Crippen LogP contribution in [0, 0.1) is 5.41 Å². The highest BCUT2D eigenvalue weighted by atomic mass is 79.9. The van der Waals surface area contributed by atoms with Crippen LogP contribution < -0.4 is 15.4 Å². The van der Waals surface area contributed by atoms with Gasteiger partial charge in [0.1, 0.15) is 17.3 Å². The van der Waals surface area contributed by atoms with Crippen LogP contribution in [0.15, 0.2) is 46.9 Å². The number of hydrogen-bond donors (Lipinski definition) is 2. The summed E-state index contributed by atoms with van der Waals surface area (Å²) in [4.78, 5) is 2.02. The van der Waals surface area contributed by atoms with Gasteiger partial charge < -0.3 is 15.4 Å². The molecule has 5 heteroatoms. The first kappa shape index (κ1) is 14.4. The largest absolute Gasteiger partial charge is 0.457 e. The van der Waals surface area contributed by atoms with Gasteiger partial charge in [-0.3, -0.25) is 5.41 Å². The van der Waals surface area contributed by atoms with Crippen molar-refractivity contribution in [2.75, 3.05) is 19.0 Å². The second-order valence-electron chi connectivity index (χ2n) is 4.55. The first-order valence-corrected chi connectivity index (χ1v) is 6.86. The molecule has 104 valence electrons. The summed E-state index contributed by atoms with van der Waals surface area (Å²) in [6.45, 7) is 0. The molecule has 3 N–H and O–H groups in total. The normalized spacial score (nSPS) is 10.2. The number of nitrogens with one attached hydrogen (secondary N) is 1. The fraction of sp³-hybridized carbons (Fsp3) is 0.133. The molecule has 2 rings (SSSR count). The standard InChI is InChI=1S/C15H16BrN3O/c1-19(2)10-4-3-5-11(8-10)20-12-6-7-13(15(17)18)14(16)9-12/h3-9H,1-2H3,(H3,17,18). The van der Waals surface area contributed by atoms with Gasteiger partial charge >= 0.3 is 0 Å². The molecule has 0 heterocycles. The molecule has 0 saturated carbocycles. The van der Waals surface area contributed by atoms with Gasteiger partial charge in [-0.1, -0.05) is 6.07 Å². The van der Waals surface area contributed by atoms with Crippen LogP contribution in [0.3, 0.4) is 0 Å². The zero-order chi connectivity index (χ0) is 14.7. The van der Waals surface area contributed by atoms with Crippen molar-refractivity contribution in [3.8, 4) is 11.5 Å². The second kappa shape index (κ2) is 5.96. The van der Waals surface area contributed by atoms with Gasteiger partial charge in [-0.2, -0.15) is 0 Å². The number of rotatable bonds is 4. The molecular formula is C15H16BrN3O. The van der Waals surface area contributed by atoms with Crippen LogP contribution in [0.2, 0.25) is 0 Å². The molecular weight excluding hydrogens is 318 g/mol. The molecule has 0 aliphatic carbocycles. The summed E-state index contributed by atoms with van der Waals surface area (Å²) >= 11 is 3.39. The molecule has 0 amide bonds. The van der Waals surface area contributed by atoms with E-state index in [0.29, 0.717) is 11.3 Å². The number of halogens is 1. The highest BCUT2D eigenvalue weighted by Crippen LogP contribution is 2.28. The van der Waals surface area contributed by atoms with E-state index < -0.39 is 0 Å². The van der Waals surface area contributed by atoms with Crippen LogP contribution in [-0.4, -0.2) is 19.9 Å². The molecule has 0 spiro atoms. The van der Waals surface area contributed by atoms with Gasteiger partial charge in [0.2, 0.25) is 0 Å². The summed E-state index contributed by atoms with van der Waals surface area (Å²) in [6.07, 6.45) is 0. The molecule has 0 aromatic heterocycles. The number of ether oxygens (including phenoxy) is 1. The van der Waals surface area contributed by atoms with Crippen molar-refractivity contribution in [3.05, 3.63) is 52.5 Å². The molecule has 0 unspecified atom stereocenters. The number of anilines is 1. The maximum absolute atomic E-state index is 7.44. The van der Waals surface area contributed by atoms with Gasteiger partial charge in [-0.25, -0.2) is 0 Å². The van der Waals surface area contributed by atoms with E-state index >= 15 is 0 Å². The summed E-state index contributed by atoms with van der Waals surface area (Å²) in [5.41, 5.74) is 7.20. The molecule has 0 radical (unpaired) electrons. The van der Waals surface area contributed by atoms with E-state index in [4.69, 9.17) is 15.9 Å². The number of benzene rings is 2. The lowest BCUT2D eigenvalue weighted by Gasteiger charge is -2.14. The molecule has 2 aromatic rings. The smallest absolute Gasteiger partial charge is 0.129 e. The van der Waals surface area contributed by atoms with Crippen molar-refractivity contribution in [1.29, 1.82) is 5.41 Å². The minimum atomic E-state index is 0.0260. The Bertz CT molecular complexity index is 641. The quantitative estimate of drug-likeness (QED) is 0.663. The SMILES string of the molecule is CN(C)c1cccc(Oc2ccc(C(=N)N)c(Br)c2)c1. The molecule has 0 atom stereocenters. The lowest BCUT2D eigenvalue weighted by molar-refractivity contribution is 0.482. The number of nitrogen functional groups attached to an aromatic ring is 1. The minimum Gasteiger partial charge on any atom is -0.457 e. The van der Waals surface area contributed by atoms with E-state index in [9.17, 15) is 0 Å². The van der Waals surface area contributed by atoms with Crippen LogP contribution in [0.1, 0.15) is 5.56 Å². The number of nitrogens with two attached hydrogens (primary N) is 1. The Hall–Kier alpha value is -2.01. The number of hydrogen-bond acceptors (Lipinski definition) is 3. The topological polar surface area (TPSA) is 62.3 Å². The fourth-order valence-electron chi connectivity index (χ4n) is 1.74. The van der Waals surface area contributed by atoms with Crippen molar-refractivity contribution < 1.29 is 4.74 Å². The fourth-order valence-corrected chi connectivity index (χ4v) is 2.31. The predicted molar refractivity (Wildman–Crippen MR) is 86.0 cm³/mol. The summed E-state index contributed by atoms with van der Waals surface area (Å²) in [5, 5.41) is 7.44. The Morgan fingerprint density at radius 1 is 1.15 bits per heavy atom. The van der Waals surface area contributed by atoms with Crippen molar-refractivity contribution in [3.63, 3.8) is 0 Å². The van der Waals surface area contributed by atoms with E-state index in [-0.39, 0.29) is 5.84 Å². The van der Waals surface area contributed by atoms with Gasteiger partial charge in [0.25, 0.3) is 0 Å². The Balaban J connectivity index is 2.24. The van der Waals surface area contributed by atoms with Crippen LogP contribution in [0.5, 0.6) is 11.5 Å². The van der Waals surface area contributed by atoms with Gasteiger partial charge in [-0.05, 0) is 46.3 Å². The molecule has 0 fully saturated rings. The zero-order valence-corrected chi connectivity index (χ0v) is 12.9. The molecule has 2 aromatic carbocycles. The lowest BCUT2D eigenvalue weighted by atomic mass is 10.2. The average Bonchev–Trinajstić information content (AvgIpc) is 2.38. The number of amidine groups is 1. The first-order chi connectivity index (χ1) is 9.47. The van der Waals surface area contributed by atoms with Gasteiger partial charge in [0.15, 0.2) is 0 Å². The van der Waals surface area contributed by atoms with E-state index in [2.05, 4.69) is 15.9 Å².